The van der Waals surface area contributed by atoms with Crippen LogP contribution in [0.5, 0.6) is 0 Å². The summed E-state index contributed by atoms with van der Waals surface area (Å²) >= 11 is 0. The highest BCUT2D eigenvalue weighted by Crippen LogP contribution is 2.31. The van der Waals surface area contributed by atoms with Gasteiger partial charge in [-0.25, -0.2) is 0 Å². The van der Waals surface area contributed by atoms with Crippen LogP contribution in [0.1, 0.15) is 12.8 Å². The molecule has 16 heavy (non-hydrogen) atoms. The SMILES string of the molecule is CN(C)C(=O)C1CNCCN1C(=O)C1CC1. The highest BCUT2D eigenvalue weighted by atomic mass is 16.2. The van der Waals surface area contributed by atoms with Crippen LogP contribution in [0.15, 0.2) is 0 Å². The third kappa shape index (κ3) is 2.19. The first-order valence-electron chi connectivity index (χ1n) is 5.83. The van der Waals surface area contributed by atoms with Crippen molar-refractivity contribution in [2.24, 2.45) is 5.92 Å². The Labute approximate surface area is 95.8 Å². The molecule has 0 aromatic rings. The average molecular weight is 225 g/mol. The lowest BCUT2D eigenvalue weighted by Gasteiger charge is -2.36. The second kappa shape index (κ2) is 4.41. The van der Waals surface area contributed by atoms with Crippen molar-refractivity contribution in [3.05, 3.63) is 0 Å². The summed E-state index contributed by atoms with van der Waals surface area (Å²) in [6.45, 7) is 2.02. The Morgan fingerprint density at radius 2 is 2.00 bits per heavy atom. The molecule has 0 aromatic carbocycles. The van der Waals surface area contributed by atoms with Crippen LogP contribution in [0, 0.1) is 5.92 Å². The predicted octanol–water partition coefficient (Wildman–Crippen LogP) is -0.715. The minimum atomic E-state index is -0.308. The maximum Gasteiger partial charge on any atom is 0.246 e. The molecule has 1 atom stereocenters. The van der Waals surface area contributed by atoms with Crippen LogP contribution in [0.25, 0.3) is 0 Å². The van der Waals surface area contributed by atoms with Crippen LogP contribution in [0.2, 0.25) is 0 Å². The molecular formula is C11H19N3O2. The first-order chi connectivity index (χ1) is 7.61. The van der Waals surface area contributed by atoms with Crippen LogP contribution in [-0.2, 0) is 9.59 Å². The highest BCUT2D eigenvalue weighted by Gasteiger charge is 2.39. The molecular weight excluding hydrogens is 206 g/mol. The van der Waals surface area contributed by atoms with Gasteiger partial charge in [0.05, 0.1) is 0 Å². The number of amides is 2. The van der Waals surface area contributed by atoms with E-state index in [-0.39, 0.29) is 23.8 Å². The third-order valence-corrected chi connectivity index (χ3v) is 3.18. The quantitative estimate of drug-likeness (QED) is 0.675. The zero-order valence-electron chi connectivity index (χ0n) is 9.90. The maximum absolute atomic E-state index is 12.0. The normalized spacial score (nSPS) is 25.4. The monoisotopic (exact) mass is 225 g/mol. The Kier molecular flexibility index (Phi) is 3.14. The minimum absolute atomic E-state index is 0.0150. The van der Waals surface area contributed by atoms with Crippen LogP contribution in [0.3, 0.4) is 0 Å². The van der Waals surface area contributed by atoms with Gasteiger partial charge in [0.25, 0.3) is 0 Å². The lowest BCUT2D eigenvalue weighted by Crippen LogP contribution is -2.59. The van der Waals surface area contributed by atoms with Crippen molar-refractivity contribution >= 4 is 11.8 Å². The van der Waals surface area contributed by atoms with Crippen LogP contribution >= 0.6 is 0 Å². The molecule has 0 radical (unpaired) electrons. The van der Waals surface area contributed by atoms with E-state index in [0.29, 0.717) is 13.1 Å². The fourth-order valence-corrected chi connectivity index (χ4v) is 2.05. The molecule has 1 N–H and O–H groups in total. The number of piperazine rings is 1. The Hall–Kier alpha value is -1.10. The van der Waals surface area contributed by atoms with E-state index >= 15 is 0 Å². The molecule has 1 aliphatic heterocycles. The first-order valence-corrected chi connectivity index (χ1v) is 5.83. The lowest BCUT2D eigenvalue weighted by atomic mass is 10.1. The summed E-state index contributed by atoms with van der Waals surface area (Å²) < 4.78 is 0. The molecule has 1 aliphatic carbocycles. The van der Waals surface area contributed by atoms with Gasteiger partial charge in [-0.1, -0.05) is 0 Å². The largest absolute Gasteiger partial charge is 0.347 e. The smallest absolute Gasteiger partial charge is 0.246 e. The molecule has 90 valence electrons. The molecule has 2 rings (SSSR count). The summed E-state index contributed by atoms with van der Waals surface area (Å²) in [7, 11) is 3.47. The van der Waals surface area contributed by atoms with Gasteiger partial charge in [0.1, 0.15) is 6.04 Å². The molecule has 0 bridgehead atoms. The van der Waals surface area contributed by atoms with Crippen molar-refractivity contribution < 1.29 is 9.59 Å². The maximum atomic E-state index is 12.0. The van der Waals surface area contributed by atoms with Gasteiger partial charge in [0, 0.05) is 39.6 Å². The number of likely N-dealkylation sites (N-methyl/N-ethyl adjacent to an activating group) is 1. The second-order valence-corrected chi connectivity index (χ2v) is 4.76. The van der Waals surface area contributed by atoms with E-state index in [0.717, 1.165) is 19.4 Å². The van der Waals surface area contributed by atoms with Crippen molar-refractivity contribution in [2.75, 3.05) is 33.7 Å². The number of carbonyl (C=O) groups is 2. The number of rotatable bonds is 2. The summed E-state index contributed by atoms with van der Waals surface area (Å²) in [6.07, 6.45) is 1.98. The molecule has 1 unspecified atom stereocenters. The molecule has 0 aromatic heterocycles. The van der Waals surface area contributed by atoms with E-state index in [1.165, 1.54) is 0 Å². The molecule has 5 nitrogen and oxygen atoms in total. The number of nitrogens with one attached hydrogen (secondary N) is 1. The van der Waals surface area contributed by atoms with Gasteiger partial charge in [0.2, 0.25) is 11.8 Å². The zero-order chi connectivity index (χ0) is 11.7. The Bertz CT molecular complexity index is 278. The summed E-state index contributed by atoms with van der Waals surface area (Å²) in [5, 5.41) is 3.17. The van der Waals surface area contributed by atoms with Crippen molar-refractivity contribution in [3.8, 4) is 0 Å². The van der Waals surface area contributed by atoms with E-state index in [9.17, 15) is 9.59 Å². The Morgan fingerprint density at radius 1 is 1.31 bits per heavy atom. The van der Waals surface area contributed by atoms with E-state index in [2.05, 4.69) is 5.32 Å². The minimum Gasteiger partial charge on any atom is -0.347 e. The van der Waals surface area contributed by atoms with Crippen LogP contribution in [0.4, 0.5) is 0 Å². The number of nitrogens with zero attached hydrogens (tertiary/aromatic N) is 2. The fourth-order valence-electron chi connectivity index (χ4n) is 2.05. The van der Waals surface area contributed by atoms with Gasteiger partial charge >= 0.3 is 0 Å². The molecule has 2 aliphatic rings. The third-order valence-electron chi connectivity index (χ3n) is 3.18. The topological polar surface area (TPSA) is 52.7 Å². The molecule has 2 fully saturated rings. The standard InChI is InChI=1S/C11H19N3O2/c1-13(2)11(16)9-7-12-5-6-14(9)10(15)8-3-4-8/h8-9,12H,3-7H2,1-2H3. The lowest BCUT2D eigenvalue weighted by molar-refractivity contribution is -0.146. The Balaban J connectivity index is 2.06. The van der Waals surface area contributed by atoms with Crippen molar-refractivity contribution in [1.82, 2.24) is 15.1 Å². The zero-order valence-corrected chi connectivity index (χ0v) is 9.90. The fraction of sp³-hybridized carbons (Fsp3) is 0.818. The van der Waals surface area contributed by atoms with E-state index in [1.54, 1.807) is 23.9 Å². The number of hydrogen-bond donors (Lipinski definition) is 1. The van der Waals surface area contributed by atoms with Crippen molar-refractivity contribution in [2.45, 2.75) is 18.9 Å². The van der Waals surface area contributed by atoms with Gasteiger partial charge in [-0.15, -0.1) is 0 Å². The molecule has 1 heterocycles. The number of carbonyl (C=O) groups excluding carboxylic acids is 2. The van der Waals surface area contributed by atoms with E-state index in [4.69, 9.17) is 0 Å². The summed E-state index contributed by atoms with van der Waals surface area (Å²) in [4.78, 5) is 27.3. The van der Waals surface area contributed by atoms with E-state index < -0.39 is 0 Å². The number of hydrogen-bond acceptors (Lipinski definition) is 3. The molecule has 2 amide bonds. The Morgan fingerprint density at radius 3 is 2.56 bits per heavy atom. The van der Waals surface area contributed by atoms with Gasteiger partial charge in [-0.2, -0.15) is 0 Å². The average Bonchev–Trinajstić information content (AvgIpc) is 3.11. The van der Waals surface area contributed by atoms with Crippen LogP contribution in [-0.4, -0.2) is 61.4 Å². The van der Waals surface area contributed by atoms with Crippen LogP contribution < -0.4 is 5.32 Å². The van der Waals surface area contributed by atoms with Crippen molar-refractivity contribution in [1.29, 1.82) is 0 Å². The molecule has 0 spiro atoms. The summed E-state index contributed by atoms with van der Waals surface area (Å²) in [5.74, 6) is 0.374. The first kappa shape index (κ1) is 11.4. The second-order valence-electron chi connectivity index (χ2n) is 4.76. The summed E-state index contributed by atoms with van der Waals surface area (Å²) in [6, 6.07) is -0.308. The van der Waals surface area contributed by atoms with Gasteiger partial charge in [-0.05, 0) is 12.8 Å². The van der Waals surface area contributed by atoms with E-state index in [1.807, 2.05) is 0 Å². The highest BCUT2D eigenvalue weighted by molar-refractivity contribution is 5.89. The van der Waals surface area contributed by atoms with Gasteiger partial charge in [0.15, 0.2) is 0 Å². The molecule has 1 saturated carbocycles. The molecule has 5 heteroatoms. The predicted molar refractivity (Wildman–Crippen MR) is 59.8 cm³/mol. The van der Waals surface area contributed by atoms with Crippen molar-refractivity contribution in [3.63, 3.8) is 0 Å². The molecule has 1 saturated heterocycles. The van der Waals surface area contributed by atoms with Gasteiger partial charge < -0.3 is 15.1 Å². The summed E-state index contributed by atoms with van der Waals surface area (Å²) in [5.41, 5.74) is 0. The van der Waals surface area contributed by atoms with Gasteiger partial charge in [-0.3, -0.25) is 9.59 Å².